The van der Waals surface area contributed by atoms with Crippen LogP contribution in [0.1, 0.15) is 85.1 Å². The molecule has 2 aliphatic carbocycles. The third-order valence-electron chi connectivity index (χ3n) is 12.4. The van der Waals surface area contributed by atoms with Crippen molar-refractivity contribution in [2.24, 2.45) is 23.7 Å². The molecular weight excluding hydrogens is 704 g/mol. The van der Waals surface area contributed by atoms with Crippen LogP contribution in [0, 0.1) is 23.7 Å². The first-order valence-corrected chi connectivity index (χ1v) is 19.7. The molecule has 1 amide bonds. The second-order valence-corrected chi connectivity index (χ2v) is 16.4. The van der Waals surface area contributed by atoms with E-state index in [9.17, 15) is 24.6 Å². The van der Waals surface area contributed by atoms with E-state index >= 15 is 0 Å². The maximum atomic E-state index is 14.2. The Morgan fingerprint density at radius 3 is 2.57 bits per heavy atom. The Kier molecular flexibility index (Phi) is 12.0. The molecule has 3 heterocycles. The number of piperidine rings is 1. The van der Waals surface area contributed by atoms with Crippen LogP contribution in [0.2, 0.25) is 5.02 Å². The molecule has 294 valence electrons. The largest absolute Gasteiger partial charge is 0.454 e. The van der Waals surface area contributed by atoms with E-state index in [0.717, 1.165) is 51.7 Å². The lowest BCUT2D eigenvalue weighted by Crippen LogP contribution is -2.66. The topological polar surface area (TPSA) is 159 Å². The molecule has 0 aromatic heterocycles. The molecular formula is C39H57ClN4O9. The molecule has 0 radical (unpaired) electrons. The molecule has 1 aromatic rings. The van der Waals surface area contributed by atoms with E-state index in [1.54, 1.807) is 25.2 Å². The fourth-order valence-corrected chi connectivity index (χ4v) is 9.77. The Morgan fingerprint density at radius 2 is 1.87 bits per heavy atom. The maximum absolute atomic E-state index is 14.2. The molecule has 1 saturated carbocycles. The van der Waals surface area contributed by atoms with Crippen LogP contribution in [0.25, 0.3) is 0 Å². The van der Waals surface area contributed by atoms with E-state index in [2.05, 4.69) is 29.4 Å². The Bertz CT molecular complexity index is 1550. The summed E-state index contributed by atoms with van der Waals surface area (Å²) in [7, 11) is 1.68. The number of hydroxylamine groups is 1. The molecule has 0 spiro atoms. The number of aliphatic hydroxyl groups is 2. The lowest BCUT2D eigenvalue weighted by molar-refractivity contribution is -0.225. The van der Waals surface area contributed by atoms with Gasteiger partial charge in [-0.2, -0.15) is 0 Å². The van der Waals surface area contributed by atoms with Crippen LogP contribution >= 0.6 is 11.6 Å². The molecule has 4 N–H and O–H groups in total. The van der Waals surface area contributed by atoms with Crippen LogP contribution in [-0.4, -0.2) is 103 Å². The molecule has 53 heavy (non-hydrogen) atoms. The number of ether oxygens (including phenoxy) is 3. The van der Waals surface area contributed by atoms with Gasteiger partial charge < -0.3 is 34.6 Å². The number of likely N-dealkylation sites (tertiary alicyclic amines) is 1. The minimum Gasteiger partial charge on any atom is -0.454 e. The Balaban J connectivity index is 1.17. The number of hydrogen-bond donors (Lipinski definition) is 4. The van der Waals surface area contributed by atoms with E-state index < -0.39 is 47.6 Å². The number of rotatable bonds is 10. The van der Waals surface area contributed by atoms with E-state index in [4.69, 9.17) is 30.6 Å². The highest BCUT2D eigenvalue weighted by molar-refractivity contribution is 6.33. The zero-order valence-corrected chi connectivity index (χ0v) is 32.6. The summed E-state index contributed by atoms with van der Waals surface area (Å²) in [6.45, 7) is 12.4. The first kappa shape index (κ1) is 39.7. The molecule has 6 rings (SSSR count). The zero-order chi connectivity index (χ0) is 38.2. The van der Waals surface area contributed by atoms with Crippen molar-refractivity contribution in [3.63, 3.8) is 0 Å². The van der Waals surface area contributed by atoms with Gasteiger partial charge in [0.05, 0.1) is 10.7 Å². The standard InChI is InChI=1S/C39H57ClN4O9/c1-7-8-16-41-37(47)51-26-14-17-44(18-15-26)21-23(3)27-13-12-24(4)39(49)29(27)19-22(2)33(50-25(5)45)34(39)52-35(46)31-20-38(48)28-10-9-11-30(40)32(28)43(6)53-36(38)42-31/h9-11,19,23-24,26-27,29,31,33-34,36,42,48-49H,7-8,12-18,20-21H2,1-6H3,(H,41,47)/t23?,24-,27+,29-,31+,33-,34+,36-,38-,39-/m1/s1. The molecule has 1 unspecified atom stereocenters. The number of para-hydroxylation sites is 1. The summed E-state index contributed by atoms with van der Waals surface area (Å²) in [6.07, 6.45) is 3.41. The number of anilines is 1. The first-order chi connectivity index (χ1) is 25.2. The highest BCUT2D eigenvalue weighted by atomic mass is 35.5. The van der Waals surface area contributed by atoms with Gasteiger partial charge in [0.25, 0.3) is 0 Å². The number of hydrogen-bond acceptors (Lipinski definition) is 12. The van der Waals surface area contributed by atoms with Crippen molar-refractivity contribution in [2.45, 2.75) is 121 Å². The SMILES string of the molecule is CCCCNC(=O)OC1CCN(CC(C)[C@@H]2CC[C@@H](C)[C@@]3(O)[C@@H]2C=C(C)[C@@H](OC(C)=O)[C@@H]3OC(=O)[C@@H]2C[C@@]3(O)c4cccc(Cl)c4N(C)O[C@H]3N2)CC1. The van der Waals surface area contributed by atoms with Crippen molar-refractivity contribution in [1.82, 2.24) is 15.5 Å². The van der Waals surface area contributed by atoms with Gasteiger partial charge in [-0.15, -0.1) is 0 Å². The minimum atomic E-state index is -1.58. The summed E-state index contributed by atoms with van der Waals surface area (Å²) in [5, 5.41) is 32.6. The predicted octanol–water partition coefficient (Wildman–Crippen LogP) is 4.42. The highest BCUT2D eigenvalue weighted by Crippen LogP contribution is 2.53. The van der Waals surface area contributed by atoms with Gasteiger partial charge in [0.1, 0.15) is 23.3 Å². The number of carbonyl (C=O) groups is 3. The Labute approximate surface area is 317 Å². The lowest BCUT2D eigenvalue weighted by Gasteiger charge is -2.56. The van der Waals surface area contributed by atoms with Crippen LogP contribution < -0.4 is 15.7 Å². The number of fused-ring (bicyclic) bond motifs is 4. The third kappa shape index (κ3) is 7.80. The number of benzene rings is 1. The summed E-state index contributed by atoms with van der Waals surface area (Å²) in [4.78, 5) is 47.2. The average Bonchev–Trinajstić information content (AvgIpc) is 3.46. The van der Waals surface area contributed by atoms with Crippen LogP contribution in [0.4, 0.5) is 10.5 Å². The smallest absolute Gasteiger partial charge is 0.407 e. The molecule has 0 bridgehead atoms. The number of carbonyl (C=O) groups excluding carboxylic acids is 3. The summed E-state index contributed by atoms with van der Waals surface area (Å²) in [6, 6.07) is 4.22. The molecule has 13 nitrogen and oxygen atoms in total. The molecule has 14 heteroatoms. The van der Waals surface area contributed by atoms with Gasteiger partial charge >= 0.3 is 18.0 Å². The van der Waals surface area contributed by atoms with Crippen molar-refractivity contribution in [2.75, 3.05) is 38.3 Å². The van der Waals surface area contributed by atoms with E-state index in [1.165, 1.54) is 12.0 Å². The fourth-order valence-electron chi connectivity index (χ4n) is 9.47. The fraction of sp³-hybridized carbons (Fsp3) is 0.718. The van der Waals surface area contributed by atoms with Crippen LogP contribution in [0.5, 0.6) is 0 Å². The molecule has 5 aliphatic rings. The number of halogens is 1. The van der Waals surface area contributed by atoms with Gasteiger partial charge in [-0.25, -0.2) is 4.79 Å². The van der Waals surface area contributed by atoms with Crippen molar-refractivity contribution in [1.29, 1.82) is 0 Å². The summed E-state index contributed by atoms with van der Waals surface area (Å²) < 4.78 is 17.8. The van der Waals surface area contributed by atoms with Crippen molar-refractivity contribution in [3.05, 3.63) is 40.4 Å². The van der Waals surface area contributed by atoms with Crippen LogP contribution in [0.3, 0.4) is 0 Å². The number of amides is 1. The second-order valence-electron chi connectivity index (χ2n) is 16.0. The maximum Gasteiger partial charge on any atom is 0.407 e. The number of unbranched alkanes of at least 4 members (excludes halogenated alkanes) is 1. The molecule has 10 atom stereocenters. The van der Waals surface area contributed by atoms with E-state index in [-0.39, 0.29) is 42.3 Å². The lowest BCUT2D eigenvalue weighted by atomic mass is 9.55. The first-order valence-electron chi connectivity index (χ1n) is 19.3. The predicted molar refractivity (Wildman–Crippen MR) is 198 cm³/mol. The highest BCUT2D eigenvalue weighted by Gasteiger charge is 2.62. The summed E-state index contributed by atoms with van der Waals surface area (Å²) in [5.74, 6) is -1.64. The van der Waals surface area contributed by atoms with Crippen molar-refractivity contribution < 1.29 is 43.6 Å². The zero-order valence-electron chi connectivity index (χ0n) is 31.8. The van der Waals surface area contributed by atoms with Gasteiger partial charge in [0.15, 0.2) is 18.4 Å². The molecule has 1 aromatic carbocycles. The average molecular weight is 761 g/mol. The third-order valence-corrected chi connectivity index (χ3v) is 12.7. The quantitative estimate of drug-likeness (QED) is 0.115. The molecule has 2 saturated heterocycles. The normalized spacial score (nSPS) is 34.9. The van der Waals surface area contributed by atoms with Gasteiger partial charge in [0.2, 0.25) is 0 Å². The molecule has 3 aliphatic heterocycles. The van der Waals surface area contributed by atoms with Crippen LogP contribution in [-0.2, 0) is 34.2 Å². The second kappa shape index (κ2) is 16.0. The molecule has 3 fully saturated rings. The number of nitrogens with zero attached hydrogens (tertiary/aromatic N) is 2. The van der Waals surface area contributed by atoms with Crippen molar-refractivity contribution in [3.8, 4) is 0 Å². The Hall–Kier alpha value is -2.94. The van der Waals surface area contributed by atoms with Crippen LogP contribution in [0.15, 0.2) is 29.8 Å². The Morgan fingerprint density at radius 1 is 1.13 bits per heavy atom. The van der Waals surface area contributed by atoms with Gasteiger partial charge in [-0.3, -0.25) is 24.8 Å². The van der Waals surface area contributed by atoms with Crippen molar-refractivity contribution >= 4 is 35.3 Å². The number of esters is 2. The van der Waals surface area contributed by atoms with E-state index in [1.807, 2.05) is 19.9 Å². The van der Waals surface area contributed by atoms with Gasteiger partial charge in [-0.1, -0.05) is 57.0 Å². The van der Waals surface area contributed by atoms with Gasteiger partial charge in [-0.05, 0) is 68.4 Å². The van der Waals surface area contributed by atoms with E-state index in [0.29, 0.717) is 34.8 Å². The monoisotopic (exact) mass is 760 g/mol. The summed E-state index contributed by atoms with van der Waals surface area (Å²) in [5.41, 5.74) is -1.34. The minimum absolute atomic E-state index is 0.0558. The summed E-state index contributed by atoms with van der Waals surface area (Å²) >= 11 is 6.47. The van der Waals surface area contributed by atoms with Gasteiger partial charge in [0, 0.05) is 58.1 Å². The number of nitrogens with one attached hydrogen (secondary N) is 2. The number of alkyl carbamates (subject to hydrolysis) is 1.